The molecular formula is C16H20N4O. The number of nitrogens with one attached hydrogen (secondary N) is 2. The van der Waals surface area contributed by atoms with Gasteiger partial charge in [0.25, 0.3) is 0 Å². The predicted octanol–water partition coefficient (Wildman–Crippen LogP) is 2.50. The number of anilines is 1. The van der Waals surface area contributed by atoms with Crippen LogP contribution >= 0.6 is 0 Å². The summed E-state index contributed by atoms with van der Waals surface area (Å²) in [5, 5.41) is 10.5. The van der Waals surface area contributed by atoms with E-state index in [9.17, 15) is 4.79 Å². The molecule has 3 rings (SSSR count). The molecular weight excluding hydrogens is 264 g/mol. The Balaban J connectivity index is 1.64. The number of benzene rings is 1. The van der Waals surface area contributed by atoms with Crippen molar-refractivity contribution in [2.45, 2.75) is 25.8 Å². The van der Waals surface area contributed by atoms with Crippen LogP contribution in [0.5, 0.6) is 0 Å². The number of hydrogen-bond donors (Lipinski definition) is 2. The summed E-state index contributed by atoms with van der Waals surface area (Å²) in [6, 6.07) is 10.7. The molecule has 5 heteroatoms. The van der Waals surface area contributed by atoms with Crippen LogP contribution in [-0.4, -0.2) is 40.1 Å². The minimum absolute atomic E-state index is 0.176. The lowest BCUT2D eigenvalue weighted by Gasteiger charge is -2.32. The van der Waals surface area contributed by atoms with Gasteiger partial charge in [0.2, 0.25) is 5.91 Å². The normalized spacial score (nSPS) is 16.0. The molecule has 0 saturated carbocycles. The number of aromatic amines is 1. The third kappa shape index (κ3) is 3.24. The minimum Gasteiger partial charge on any atom is -0.382 e. The summed E-state index contributed by atoms with van der Waals surface area (Å²) in [7, 11) is 0. The van der Waals surface area contributed by atoms with Crippen LogP contribution in [0.15, 0.2) is 36.5 Å². The van der Waals surface area contributed by atoms with E-state index in [2.05, 4.69) is 33.7 Å². The summed E-state index contributed by atoms with van der Waals surface area (Å²) in [4.78, 5) is 13.3. The largest absolute Gasteiger partial charge is 0.382 e. The van der Waals surface area contributed by atoms with Gasteiger partial charge in [-0.25, -0.2) is 0 Å². The number of rotatable bonds is 3. The van der Waals surface area contributed by atoms with Gasteiger partial charge in [-0.05, 0) is 31.0 Å². The van der Waals surface area contributed by atoms with Crippen LogP contribution in [0, 0.1) is 0 Å². The van der Waals surface area contributed by atoms with Gasteiger partial charge in [-0.1, -0.05) is 12.1 Å². The first-order chi connectivity index (χ1) is 10.2. The molecule has 0 bridgehead atoms. The van der Waals surface area contributed by atoms with Crippen LogP contribution in [0.1, 0.15) is 19.8 Å². The van der Waals surface area contributed by atoms with Gasteiger partial charge in [0.1, 0.15) is 0 Å². The van der Waals surface area contributed by atoms with Crippen LogP contribution in [0.2, 0.25) is 0 Å². The number of hydrogen-bond acceptors (Lipinski definition) is 3. The fourth-order valence-electron chi connectivity index (χ4n) is 2.77. The molecule has 2 aromatic rings. The summed E-state index contributed by atoms with van der Waals surface area (Å²) < 4.78 is 0. The molecule has 1 amide bonds. The van der Waals surface area contributed by atoms with Gasteiger partial charge in [-0.2, -0.15) is 5.10 Å². The number of likely N-dealkylation sites (tertiary alicyclic amines) is 1. The van der Waals surface area contributed by atoms with Crippen molar-refractivity contribution in [2.75, 3.05) is 18.4 Å². The molecule has 0 unspecified atom stereocenters. The van der Waals surface area contributed by atoms with Crippen molar-refractivity contribution in [3.63, 3.8) is 0 Å². The van der Waals surface area contributed by atoms with E-state index in [4.69, 9.17) is 0 Å². The van der Waals surface area contributed by atoms with Gasteiger partial charge in [-0.3, -0.25) is 9.89 Å². The smallest absolute Gasteiger partial charge is 0.219 e. The number of aromatic nitrogens is 2. The Morgan fingerprint density at radius 3 is 2.81 bits per heavy atom. The molecule has 2 N–H and O–H groups in total. The van der Waals surface area contributed by atoms with Crippen LogP contribution < -0.4 is 5.32 Å². The van der Waals surface area contributed by atoms with E-state index in [1.54, 1.807) is 13.1 Å². The third-order valence-electron chi connectivity index (χ3n) is 3.99. The van der Waals surface area contributed by atoms with Crippen molar-refractivity contribution < 1.29 is 4.79 Å². The van der Waals surface area contributed by atoms with Crippen molar-refractivity contribution in [1.82, 2.24) is 15.1 Å². The predicted molar refractivity (Wildman–Crippen MR) is 82.9 cm³/mol. The number of carbonyl (C=O) groups excluding carboxylic acids is 1. The molecule has 2 heterocycles. The quantitative estimate of drug-likeness (QED) is 0.910. The van der Waals surface area contributed by atoms with Gasteiger partial charge in [0, 0.05) is 43.5 Å². The molecule has 110 valence electrons. The van der Waals surface area contributed by atoms with Gasteiger partial charge >= 0.3 is 0 Å². The molecule has 1 aliphatic rings. The van der Waals surface area contributed by atoms with Gasteiger partial charge in [-0.15, -0.1) is 0 Å². The molecule has 1 saturated heterocycles. The monoisotopic (exact) mass is 284 g/mol. The van der Waals surface area contributed by atoms with E-state index in [0.717, 1.165) is 42.9 Å². The Kier molecular flexibility index (Phi) is 3.90. The minimum atomic E-state index is 0.176. The molecule has 1 aliphatic heterocycles. The topological polar surface area (TPSA) is 61.0 Å². The zero-order chi connectivity index (χ0) is 14.7. The summed E-state index contributed by atoms with van der Waals surface area (Å²) >= 11 is 0. The summed E-state index contributed by atoms with van der Waals surface area (Å²) in [5.41, 5.74) is 3.26. The molecule has 5 nitrogen and oxygen atoms in total. The molecule has 1 fully saturated rings. The molecule has 0 spiro atoms. The van der Waals surface area contributed by atoms with Crippen LogP contribution in [0.4, 0.5) is 5.69 Å². The molecule has 0 atom stereocenters. The lowest BCUT2D eigenvalue weighted by atomic mass is 10.0. The van der Waals surface area contributed by atoms with E-state index in [1.807, 2.05) is 17.0 Å². The first-order valence-corrected chi connectivity index (χ1v) is 7.34. The molecule has 0 aliphatic carbocycles. The summed E-state index contributed by atoms with van der Waals surface area (Å²) in [6.45, 7) is 3.32. The van der Waals surface area contributed by atoms with Crippen molar-refractivity contribution in [3.05, 3.63) is 36.5 Å². The second-order valence-electron chi connectivity index (χ2n) is 5.48. The third-order valence-corrected chi connectivity index (χ3v) is 3.99. The highest BCUT2D eigenvalue weighted by Gasteiger charge is 2.20. The van der Waals surface area contributed by atoms with Gasteiger partial charge in [0.15, 0.2) is 0 Å². The Labute approximate surface area is 124 Å². The second-order valence-corrected chi connectivity index (χ2v) is 5.48. The second kappa shape index (κ2) is 5.99. The van der Waals surface area contributed by atoms with Gasteiger partial charge < -0.3 is 10.2 Å². The Morgan fingerprint density at radius 2 is 2.14 bits per heavy atom. The zero-order valence-electron chi connectivity index (χ0n) is 12.2. The maximum atomic E-state index is 11.3. The zero-order valence-corrected chi connectivity index (χ0v) is 12.2. The maximum Gasteiger partial charge on any atom is 0.219 e. The lowest BCUT2D eigenvalue weighted by Crippen LogP contribution is -2.41. The molecule has 1 aromatic carbocycles. The average Bonchev–Trinajstić information content (AvgIpc) is 3.02. The highest BCUT2D eigenvalue weighted by atomic mass is 16.2. The summed E-state index contributed by atoms with van der Waals surface area (Å²) in [5.74, 6) is 0.176. The van der Waals surface area contributed by atoms with E-state index in [1.165, 1.54) is 0 Å². The fourth-order valence-corrected chi connectivity index (χ4v) is 2.77. The first kappa shape index (κ1) is 13.7. The van der Waals surface area contributed by atoms with Gasteiger partial charge in [0.05, 0.1) is 5.69 Å². The molecule has 21 heavy (non-hydrogen) atoms. The Morgan fingerprint density at radius 1 is 1.33 bits per heavy atom. The number of nitrogens with zero attached hydrogens (tertiary/aromatic N) is 2. The van der Waals surface area contributed by atoms with E-state index >= 15 is 0 Å². The standard InChI is InChI=1S/C16H20N4O/c1-12(21)20-9-6-14(7-10-20)18-15-4-2-3-13(11-15)16-5-8-17-19-16/h2-5,8,11,14,18H,6-7,9-10H2,1H3,(H,17,19). The highest BCUT2D eigenvalue weighted by molar-refractivity contribution is 5.73. The van der Waals surface area contributed by atoms with Crippen molar-refractivity contribution in [2.24, 2.45) is 0 Å². The number of amides is 1. The molecule has 1 aromatic heterocycles. The van der Waals surface area contributed by atoms with E-state index in [0.29, 0.717) is 6.04 Å². The van der Waals surface area contributed by atoms with E-state index < -0.39 is 0 Å². The SMILES string of the molecule is CC(=O)N1CCC(Nc2cccc(-c3ccn[nH]3)c2)CC1. The maximum absolute atomic E-state index is 11.3. The fraction of sp³-hybridized carbons (Fsp3) is 0.375. The van der Waals surface area contributed by atoms with Crippen molar-refractivity contribution in [3.8, 4) is 11.3 Å². The Hall–Kier alpha value is -2.30. The first-order valence-electron chi connectivity index (χ1n) is 7.34. The average molecular weight is 284 g/mol. The number of piperidine rings is 1. The highest BCUT2D eigenvalue weighted by Crippen LogP contribution is 2.22. The Bertz CT molecular complexity index is 600. The van der Waals surface area contributed by atoms with Crippen molar-refractivity contribution >= 4 is 11.6 Å². The van der Waals surface area contributed by atoms with E-state index in [-0.39, 0.29) is 5.91 Å². The number of carbonyl (C=O) groups is 1. The number of H-pyrrole nitrogens is 1. The lowest BCUT2D eigenvalue weighted by molar-refractivity contribution is -0.129. The van der Waals surface area contributed by atoms with Crippen LogP contribution in [-0.2, 0) is 4.79 Å². The summed E-state index contributed by atoms with van der Waals surface area (Å²) in [6.07, 6.45) is 3.74. The molecule has 0 radical (unpaired) electrons. The van der Waals surface area contributed by atoms with Crippen LogP contribution in [0.25, 0.3) is 11.3 Å². The van der Waals surface area contributed by atoms with Crippen molar-refractivity contribution in [1.29, 1.82) is 0 Å². The van der Waals surface area contributed by atoms with Crippen LogP contribution in [0.3, 0.4) is 0 Å².